The number of rotatable bonds is 7. The van der Waals surface area contributed by atoms with E-state index in [0.29, 0.717) is 5.82 Å². The highest BCUT2D eigenvalue weighted by atomic mass is 35.5. The lowest BCUT2D eigenvalue weighted by atomic mass is 9.99. The van der Waals surface area contributed by atoms with Crippen molar-refractivity contribution in [2.75, 3.05) is 11.5 Å². The molecule has 2 unspecified atom stereocenters. The first-order valence-corrected chi connectivity index (χ1v) is 10.2. The standard InChI is InChI=1S/C21H23ClN6O/c1-2-3-8-19-23-20(22)18(13-29)28(19)15-11-9-14(10-12-15)16-6-4-5-7-17(16)21-24-26-27-25-21/h4-7,9-12,18,20,29H,2-3,8,13H2,1H3,(H,24,25,26,27). The predicted molar refractivity (Wildman–Crippen MR) is 115 cm³/mol. The summed E-state index contributed by atoms with van der Waals surface area (Å²) in [4.78, 5) is 6.66. The Kier molecular flexibility index (Phi) is 5.87. The smallest absolute Gasteiger partial charge is 0.205 e. The molecule has 2 heterocycles. The molecule has 0 spiro atoms. The fourth-order valence-electron chi connectivity index (χ4n) is 3.64. The maximum Gasteiger partial charge on any atom is 0.205 e. The first kappa shape index (κ1) is 19.5. The van der Waals surface area contributed by atoms with Gasteiger partial charge in [0, 0.05) is 17.7 Å². The van der Waals surface area contributed by atoms with E-state index in [2.05, 4.69) is 49.6 Å². The van der Waals surface area contributed by atoms with Gasteiger partial charge in [-0.15, -0.1) is 10.2 Å². The van der Waals surface area contributed by atoms with E-state index in [-0.39, 0.29) is 12.6 Å². The van der Waals surface area contributed by atoms with Gasteiger partial charge in [0.15, 0.2) is 0 Å². The number of nitrogens with one attached hydrogen (secondary N) is 1. The van der Waals surface area contributed by atoms with Gasteiger partial charge in [-0.2, -0.15) is 5.21 Å². The van der Waals surface area contributed by atoms with Gasteiger partial charge in [-0.1, -0.05) is 61.3 Å². The van der Waals surface area contributed by atoms with Gasteiger partial charge in [-0.3, -0.25) is 4.99 Å². The van der Waals surface area contributed by atoms with Crippen LogP contribution in [0.5, 0.6) is 0 Å². The summed E-state index contributed by atoms with van der Waals surface area (Å²) in [5.41, 5.74) is 3.52. The van der Waals surface area contributed by atoms with E-state index in [0.717, 1.165) is 47.5 Å². The number of hydrogen-bond donors (Lipinski definition) is 2. The van der Waals surface area contributed by atoms with Crippen LogP contribution in [0, 0.1) is 0 Å². The third-order valence-electron chi connectivity index (χ3n) is 5.11. The minimum atomic E-state index is -0.439. The van der Waals surface area contributed by atoms with Crippen LogP contribution in [0.15, 0.2) is 53.5 Å². The number of hydrogen-bond acceptors (Lipinski definition) is 6. The van der Waals surface area contributed by atoms with Crippen LogP contribution in [-0.4, -0.2) is 49.7 Å². The lowest BCUT2D eigenvalue weighted by Gasteiger charge is -2.28. The SMILES string of the molecule is CCCCC1=NC(Cl)C(CO)N1c1ccc(-c2ccccc2-c2nn[nH]n2)cc1. The number of amidine groups is 1. The number of halogens is 1. The molecule has 0 saturated carbocycles. The Morgan fingerprint density at radius 3 is 2.52 bits per heavy atom. The average molecular weight is 411 g/mol. The minimum Gasteiger partial charge on any atom is -0.394 e. The van der Waals surface area contributed by atoms with Gasteiger partial charge in [-0.25, -0.2) is 0 Å². The molecule has 7 nitrogen and oxygen atoms in total. The van der Waals surface area contributed by atoms with Crippen LogP contribution in [0.2, 0.25) is 0 Å². The summed E-state index contributed by atoms with van der Waals surface area (Å²) < 4.78 is 0. The van der Waals surface area contributed by atoms with E-state index in [1.165, 1.54) is 0 Å². The quantitative estimate of drug-likeness (QED) is 0.455. The molecule has 1 aliphatic rings. The number of aliphatic imine (C=N–C) groups is 1. The molecule has 8 heteroatoms. The molecule has 2 aromatic carbocycles. The number of aromatic nitrogens is 4. The van der Waals surface area contributed by atoms with Gasteiger partial charge in [0.25, 0.3) is 0 Å². The highest BCUT2D eigenvalue weighted by Gasteiger charge is 2.35. The van der Waals surface area contributed by atoms with Crippen molar-refractivity contribution in [1.82, 2.24) is 20.6 Å². The monoisotopic (exact) mass is 410 g/mol. The molecule has 0 radical (unpaired) electrons. The topological polar surface area (TPSA) is 90.3 Å². The van der Waals surface area contributed by atoms with E-state index in [4.69, 9.17) is 11.6 Å². The maximum absolute atomic E-state index is 9.86. The number of aliphatic hydroxyl groups is 1. The van der Waals surface area contributed by atoms with Crippen molar-refractivity contribution >= 4 is 23.1 Å². The number of benzene rings is 2. The van der Waals surface area contributed by atoms with E-state index >= 15 is 0 Å². The number of alkyl halides is 1. The zero-order valence-electron chi connectivity index (χ0n) is 16.2. The first-order valence-electron chi connectivity index (χ1n) is 9.77. The van der Waals surface area contributed by atoms with Crippen molar-refractivity contribution in [2.24, 2.45) is 4.99 Å². The summed E-state index contributed by atoms with van der Waals surface area (Å²) in [7, 11) is 0. The molecule has 0 fully saturated rings. The predicted octanol–water partition coefficient (Wildman–Crippen LogP) is 3.87. The van der Waals surface area contributed by atoms with E-state index < -0.39 is 5.50 Å². The minimum absolute atomic E-state index is 0.0459. The highest BCUT2D eigenvalue weighted by Crippen LogP contribution is 2.33. The van der Waals surface area contributed by atoms with Gasteiger partial charge < -0.3 is 10.0 Å². The molecule has 1 aliphatic heterocycles. The number of aliphatic hydroxyl groups excluding tert-OH is 1. The number of anilines is 1. The van der Waals surface area contributed by atoms with Gasteiger partial charge >= 0.3 is 0 Å². The van der Waals surface area contributed by atoms with Gasteiger partial charge in [0.2, 0.25) is 5.82 Å². The molecule has 3 aromatic rings. The number of H-pyrrole nitrogens is 1. The number of nitrogens with zero attached hydrogens (tertiary/aromatic N) is 5. The van der Waals surface area contributed by atoms with Crippen LogP contribution < -0.4 is 4.90 Å². The molecule has 2 atom stereocenters. The van der Waals surface area contributed by atoms with Crippen molar-refractivity contribution in [3.8, 4) is 22.5 Å². The number of unbranched alkanes of at least 4 members (excludes halogenated alkanes) is 1. The number of aromatic amines is 1. The third-order valence-corrected chi connectivity index (χ3v) is 5.50. The highest BCUT2D eigenvalue weighted by molar-refractivity contribution is 6.23. The summed E-state index contributed by atoms with van der Waals surface area (Å²) in [6, 6.07) is 15.9. The maximum atomic E-state index is 9.86. The third kappa shape index (κ3) is 3.88. The Morgan fingerprint density at radius 2 is 1.86 bits per heavy atom. The molecule has 2 N–H and O–H groups in total. The van der Waals surface area contributed by atoms with Crippen LogP contribution >= 0.6 is 11.6 Å². The summed E-state index contributed by atoms with van der Waals surface area (Å²) >= 11 is 6.39. The van der Waals surface area contributed by atoms with Gasteiger partial charge in [0.05, 0.1) is 12.6 Å². The van der Waals surface area contributed by atoms with Crippen LogP contribution in [0.25, 0.3) is 22.5 Å². The normalized spacial score (nSPS) is 18.9. The fraction of sp³-hybridized carbons (Fsp3) is 0.333. The second-order valence-corrected chi connectivity index (χ2v) is 7.42. The van der Waals surface area contributed by atoms with Gasteiger partial charge in [-0.05, 0) is 34.9 Å². The molecule has 0 amide bonds. The average Bonchev–Trinajstić information content (AvgIpc) is 3.40. The second-order valence-electron chi connectivity index (χ2n) is 6.97. The molecule has 4 rings (SSSR count). The Morgan fingerprint density at radius 1 is 1.10 bits per heavy atom. The van der Waals surface area contributed by atoms with Crippen molar-refractivity contribution in [3.63, 3.8) is 0 Å². The zero-order chi connectivity index (χ0) is 20.2. The Balaban J connectivity index is 1.66. The zero-order valence-corrected chi connectivity index (χ0v) is 16.9. The summed E-state index contributed by atoms with van der Waals surface area (Å²) in [6.45, 7) is 2.10. The summed E-state index contributed by atoms with van der Waals surface area (Å²) in [6.07, 6.45) is 2.96. The summed E-state index contributed by atoms with van der Waals surface area (Å²) in [5.74, 6) is 1.49. The Bertz CT molecular complexity index is 973. The largest absolute Gasteiger partial charge is 0.394 e. The molecular formula is C21H23ClN6O. The van der Waals surface area contributed by atoms with Crippen molar-refractivity contribution in [2.45, 2.75) is 37.7 Å². The molecule has 0 saturated heterocycles. The van der Waals surface area contributed by atoms with Crippen molar-refractivity contribution in [3.05, 3.63) is 48.5 Å². The molecule has 0 bridgehead atoms. The van der Waals surface area contributed by atoms with Crippen molar-refractivity contribution in [1.29, 1.82) is 0 Å². The second kappa shape index (κ2) is 8.71. The molecule has 29 heavy (non-hydrogen) atoms. The van der Waals surface area contributed by atoms with Gasteiger partial charge in [0.1, 0.15) is 11.3 Å². The molecule has 1 aromatic heterocycles. The van der Waals surface area contributed by atoms with Crippen LogP contribution in [0.3, 0.4) is 0 Å². The first-order chi connectivity index (χ1) is 14.2. The van der Waals surface area contributed by atoms with Crippen molar-refractivity contribution < 1.29 is 5.11 Å². The van der Waals surface area contributed by atoms with Crippen LogP contribution in [0.4, 0.5) is 5.69 Å². The van der Waals surface area contributed by atoms with Crippen LogP contribution in [-0.2, 0) is 0 Å². The van der Waals surface area contributed by atoms with E-state index in [1.54, 1.807) is 0 Å². The lowest BCUT2D eigenvalue weighted by molar-refractivity contribution is 0.268. The fourth-order valence-corrected chi connectivity index (χ4v) is 3.95. The molecule has 150 valence electrons. The van der Waals surface area contributed by atoms with E-state index in [1.807, 2.05) is 36.4 Å². The lowest BCUT2D eigenvalue weighted by Crippen LogP contribution is -2.41. The Hall–Kier alpha value is -2.77. The van der Waals surface area contributed by atoms with Crippen LogP contribution in [0.1, 0.15) is 26.2 Å². The Labute approximate surface area is 174 Å². The molecule has 0 aliphatic carbocycles. The van der Waals surface area contributed by atoms with E-state index in [9.17, 15) is 5.11 Å². The summed E-state index contributed by atoms with van der Waals surface area (Å²) in [5, 5.41) is 24.2. The molecular weight excluding hydrogens is 388 g/mol. The number of tetrazole rings is 1.